The molecule has 21 heavy (non-hydrogen) atoms. The van der Waals surface area contributed by atoms with E-state index in [1.807, 2.05) is 12.3 Å². The average Bonchev–Trinajstić information content (AvgIpc) is 2.97. The minimum absolute atomic E-state index is 0.0343. The molecule has 0 bridgehead atoms. The number of aromatic nitrogens is 4. The topological polar surface area (TPSA) is 90.0 Å². The van der Waals surface area contributed by atoms with Gasteiger partial charge in [-0.3, -0.25) is 10.1 Å². The number of hydrogen-bond acceptors (Lipinski definition) is 6. The van der Waals surface area contributed by atoms with E-state index < -0.39 is 4.92 Å². The Morgan fingerprint density at radius 3 is 2.52 bits per heavy atom. The van der Waals surface area contributed by atoms with Crippen LogP contribution in [0.25, 0.3) is 11.8 Å². The lowest BCUT2D eigenvalue weighted by Gasteiger charge is -2.14. The molecule has 0 fully saturated rings. The number of nitro groups is 1. The van der Waals surface area contributed by atoms with Crippen LogP contribution in [-0.2, 0) is 0 Å². The number of rotatable bonds is 6. The predicted octanol–water partition coefficient (Wildman–Crippen LogP) is 1.88. The van der Waals surface area contributed by atoms with E-state index in [1.165, 1.54) is 16.8 Å². The van der Waals surface area contributed by atoms with E-state index in [0.717, 1.165) is 13.1 Å². The third-order valence-electron chi connectivity index (χ3n) is 3.05. The summed E-state index contributed by atoms with van der Waals surface area (Å²) in [4.78, 5) is 12.3. The number of nitrogens with zero attached hydrogens (tertiary/aromatic N) is 6. The normalized spacial score (nSPS) is 11.0. The highest BCUT2D eigenvalue weighted by Crippen LogP contribution is 2.15. The monoisotopic (exact) mass is 288 g/mol. The number of tetrazole rings is 1. The van der Waals surface area contributed by atoms with E-state index in [-0.39, 0.29) is 5.69 Å². The molecule has 0 N–H and O–H groups in total. The Hall–Kier alpha value is -2.77. The van der Waals surface area contributed by atoms with E-state index >= 15 is 0 Å². The van der Waals surface area contributed by atoms with Gasteiger partial charge in [-0.15, -0.1) is 5.10 Å². The fourth-order valence-electron chi connectivity index (χ4n) is 1.80. The maximum absolute atomic E-state index is 10.7. The van der Waals surface area contributed by atoms with Gasteiger partial charge in [0.05, 0.1) is 10.6 Å². The van der Waals surface area contributed by atoms with Crippen LogP contribution in [0, 0.1) is 10.1 Å². The molecule has 0 aliphatic rings. The van der Waals surface area contributed by atoms with Gasteiger partial charge in [-0.25, -0.2) is 0 Å². The van der Waals surface area contributed by atoms with Crippen LogP contribution >= 0.6 is 0 Å². The molecule has 0 radical (unpaired) electrons. The SMILES string of the molecule is CCN(/C=C/c1nnnn1-c1ccc([N+](=O)[O-])cc1)CC. The zero-order chi connectivity index (χ0) is 15.2. The second-order valence-corrected chi connectivity index (χ2v) is 4.26. The van der Waals surface area contributed by atoms with E-state index in [0.29, 0.717) is 11.5 Å². The molecule has 2 rings (SSSR count). The molecular weight excluding hydrogens is 272 g/mol. The quantitative estimate of drug-likeness (QED) is 0.595. The van der Waals surface area contributed by atoms with Gasteiger partial charge in [0.1, 0.15) is 0 Å². The highest BCUT2D eigenvalue weighted by atomic mass is 16.6. The van der Waals surface area contributed by atoms with Gasteiger partial charge >= 0.3 is 0 Å². The van der Waals surface area contributed by atoms with E-state index in [9.17, 15) is 10.1 Å². The predicted molar refractivity (Wildman–Crippen MR) is 77.8 cm³/mol. The van der Waals surface area contributed by atoms with Crippen molar-refractivity contribution in [3.63, 3.8) is 0 Å². The van der Waals surface area contributed by atoms with E-state index in [4.69, 9.17) is 0 Å². The molecular formula is C13H16N6O2. The van der Waals surface area contributed by atoms with Crippen LogP contribution in [0.4, 0.5) is 5.69 Å². The molecule has 1 aromatic heterocycles. The molecule has 8 heteroatoms. The molecule has 0 saturated heterocycles. The second-order valence-electron chi connectivity index (χ2n) is 4.26. The van der Waals surface area contributed by atoms with Gasteiger partial charge in [0.15, 0.2) is 5.82 Å². The Morgan fingerprint density at radius 1 is 1.29 bits per heavy atom. The van der Waals surface area contributed by atoms with Crippen LogP contribution in [0.5, 0.6) is 0 Å². The Bertz CT molecular complexity index is 630. The first-order chi connectivity index (χ1) is 10.2. The van der Waals surface area contributed by atoms with Crippen LogP contribution in [0.1, 0.15) is 19.7 Å². The van der Waals surface area contributed by atoms with Crippen molar-refractivity contribution in [2.24, 2.45) is 0 Å². The molecule has 1 aromatic carbocycles. The fraction of sp³-hybridized carbons (Fsp3) is 0.308. The average molecular weight is 288 g/mol. The first-order valence-corrected chi connectivity index (χ1v) is 6.61. The largest absolute Gasteiger partial charge is 0.378 e. The lowest BCUT2D eigenvalue weighted by Crippen LogP contribution is -2.15. The zero-order valence-electron chi connectivity index (χ0n) is 11.9. The first kappa shape index (κ1) is 14.6. The maximum Gasteiger partial charge on any atom is 0.269 e. The van der Waals surface area contributed by atoms with Crippen molar-refractivity contribution < 1.29 is 4.92 Å². The summed E-state index contributed by atoms with van der Waals surface area (Å²) in [7, 11) is 0. The Kier molecular flexibility index (Phi) is 4.60. The summed E-state index contributed by atoms with van der Waals surface area (Å²) < 4.78 is 1.53. The van der Waals surface area contributed by atoms with Gasteiger partial charge in [0.2, 0.25) is 0 Å². The van der Waals surface area contributed by atoms with Gasteiger partial charge in [-0.05, 0) is 36.4 Å². The van der Waals surface area contributed by atoms with Crippen LogP contribution in [0.2, 0.25) is 0 Å². The molecule has 0 unspecified atom stereocenters. The molecule has 0 aliphatic heterocycles. The highest BCUT2D eigenvalue weighted by molar-refractivity contribution is 5.46. The van der Waals surface area contributed by atoms with Crippen molar-refractivity contribution in [3.05, 3.63) is 46.4 Å². The molecule has 0 saturated carbocycles. The summed E-state index contributed by atoms with van der Waals surface area (Å²) >= 11 is 0. The number of benzene rings is 1. The summed E-state index contributed by atoms with van der Waals surface area (Å²) in [6, 6.07) is 6.08. The smallest absolute Gasteiger partial charge is 0.269 e. The van der Waals surface area contributed by atoms with Gasteiger partial charge in [0.25, 0.3) is 5.69 Å². The van der Waals surface area contributed by atoms with Crippen molar-refractivity contribution in [1.29, 1.82) is 0 Å². The molecule has 110 valence electrons. The lowest BCUT2D eigenvalue weighted by atomic mass is 10.3. The Balaban J connectivity index is 2.25. The lowest BCUT2D eigenvalue weighted by molar-refractivity contribution is -0.384. The Morgan fingerprint density at radius 2 is 1.95 bits per heavy atom. The summed E-state index contributed by atoms with van der Waals surface area (Å²) in [5.41, 5.74) is 0.705. The minimum atomic E-state index is -0.440. The molecule has 0 amide bonds. The highest BCUT2D eigenvalue weighted by Gasteiger charge is 2.09. The summed E-state index contributed by atoms with van der Waals surface area (Å²) in [6.45, 7) is 5.92. The molecule has 0 aliphatic carbocycles. The third kappa shape index (κ3) is 3.41. The summed E-state index contributed by atoms with van der Waals surface area (Å²) in [5, 5.41) is 22.1. The van der Waals surface area contributed by atoms with Gasteiger partial charge in [-0.1, -0.05) is 0 Å². The van der Waals surface area contributed by atoms with E-state index in [2.05, 4.69) is 34.3 Å². The molecule has 1 heterocycles. The van der Waals surface area contributed by atoms with Crippen LogP contribution in [0.3, 0.4) is 0 Å². The summed E-state index contributed by atoms with van der Waals surface area (Å²) in [5.74, 6) is 0.566. The van der Waals surface area contributed by atoms with Gasteiger partial charge in [-0.2, -0.15) is 4.68 Å². The van der Waals surface area contributed by atoms with Crippen molar-refractivity contribution >= 4 is 11.8 Å². The maximum atomic E-state index is 10.7. The third-order valence-corrected chi connectivity index (χ3v) is 3.05. The van der Waals surface area contributed by atoms with Crippen LogP contribution < -0.4 is 0 Å². The van der Waals surface area contributed by atoms with Crippen molar-refractivity contribution in [2.45, 2.75) is 13.8 Å². The molecule has 2 aromatic rings. The number of nitro benzene ring substituents is 1. The summed E-state index contributed by atoms with van der Waals surface area (Å²) in [6.07, 6.45) is 3.74. The van der Waals surface area contributed by atoms with Crippen molar-refractivity contribution in [3.8, 4) is 5.69 Å². The number of hydrogen-bond donors (Lipinski definition) is 0. The molecule has 0 atom stereocenters. The minimum Gasteiger partial charge on any atom is -0.378 e. The molecule has 8 nitrogen and oxygen atoms in total. The van der Waals surface area contributed by atoms with Crippen molar-refractivity contribution in [2.75, 3.05) is 13.1 Å². The number of non-ortho nitro benzene ring substituents is 1. The van der Waals surface area contributed by atoms with Gasteiger partial charge < -0.3 is 4.90 Å². The van der Waals surface area contributed by atoms with E-state index in [1.54, 1.807) is 12.1 Å². The molecule has 0 spiro atoms. The van der Waals surface area contributed by atoms with Crippen LogP contribution in [0.15, 0.2) is 30.5 Å². The first-order valence-electron chi connectivity index (χ1n) is 6.61. The Labute approximate surface area is 121 Å². The second kappa shape index (κ2) is 6.60. The fourth-order valence-corrected chi connectivity index (χ4v) is 1.80. The zero-order valence-corrected chi connectivity index (χ0v) is 11.9. The van der Waals surface area contributed by atoms with Crippen molar-refractivity contribution in [1.82, 2.24) is 25.1 Å². The van der Waals surface area contributed by atoms with Crippen LogP contribution in [-0.4, -0.2) is 43.1 Å². The standard InChI is InChI=1S/C13H16N6O2/c1-3-17(4-2)10-9-13-14-15-16-18(13)11-5-7-12(8-6-11)19(20)21/h5-10H,3-4H2,1-2H3/b10-9+. The van der Waals surface area contributed by atoms with Gasteiger partial charge in [0, 0.05) is 37.5 Å².